The van der Waals surface area contributed by atoms with Crippen LogP contribution in [0.2, 0.25) is 0 Å². The average molecular weight is 537 g/mol. The van der Waals surface area contributed by atoms with Crippen molar-refractivity contribution in [3.05, 3.63) is 90.3 Å². The molecule has 0 saturated carbocycles. The Morgan fingerprint density at radius 3 is 2.13 bits per heavy atom. The first-order valence-electron chi connectivity index (χ1n) is 14.3. The van der Waals surface area contributed by atoms with Crippen LogP contribution in [0.4, 0.5) is 13.2 Å². The summed E-state index contributed by atoms with van der Waals surface area (Å²) < 4.78 is 56.1. The van der Waals surface area contributed by atoms with Crippen molar-refractivity contribution < 1.29 is 22.6 Å². The van der Waals surface area contributed by atoms with Gasteiger partial charge in [0.25, 0.3) is 0 Å². The number of hydrogen-bond donors (Lipinski definition) is 0. The van der Waals surface area contributed by atoms with Gasteiger partial charge in [0.15, 0.2) is 11.6 Å². The second kappa shape index (κ2) is 14.4. The molecule has 5 heteroatoms. The Labute approximate surface area is 230 Å². The van der Waals surface area contributed by atoms with Gasteiger partial charge in [0, 0.05) is 17.0 Å². The van der Waals surface area contributed by atoms with E-state index in [2.05, 4.69) is 13.5 Å². The Hall–Kier alpha value is -3.05. The molecule has 0 spiro atoms. The number of halogens is 3. The lowest BCUT2D eigenvalue weighted by Gasteiger charge is -2.27. The first kappa shape index (κ1) is 28.9. The minimum absolute atomic E-state index is 0.0667. The third-order valence-corrected chi connectivity index (χ3v) is 7.57. The van der Waals surface area contributed by atoms with Gasteiger partial charge in [-0.2, -0.15) is 4.39 Å². The minimum atomic E-state index is -0.981. The van der Waals surface area contributed by atoms with Gasteiger partial charge in [0.1, 0.15) is 5.82 Å². The second-order valence-corrected chi connectivity index (χ2v) is 10.4. The summed E-state index contributed by atoms with van der Waals surface area (Å²) in [7, 11) is 0. The van der Waals surface area contributed by atoms with E-state index in [9.17, 15) is 8.78 Å². The number of hydrogen-bond acceptors (Lipinski definition) is 2. The molecule has 1 aliphatic rings. The van der Waals surface area contributed by atoms with Crippen LogP contribution in [0.5, 0.6) is 5.75 Å². The van der Waals surface area contributed by atoms with Crippen LogP contribution in [0.15, 0.2) is 67.3 Å². The average Bonchev–Trinajstić information content (AvgIpc) is 2.97. The zero-order valence-electron chi connectivity index (χ0n) is 22.9. The standard InChI is InChI=1S/C34H39F3O2/c1-3-5-6-7-8-9-10-21-38-32-20-18-29(33(36)34(32)37)26-14-12-25(13-15-26)28-17-16-27(22-30(28)35)31-19-11-24(4-2)23-39-31/h4,12-18,20,22,24,31H,2-3,5-11,19,21,23H2,1H3. The van der Waals surface area contributed by atoms with Crippen LogP contribution in [0.25, 0.3) is 22.3 Å². The van der Waals surface area contributed by atoms with Gasteiger partial charge in [-0.3, -0.25) is 0 Å². The molecular weight excluding hydrogens is 497 g/mol. The summed E-state index contributed by atoms with van der Waals surface area (Å²) in [5.41, 5.74) is 2.59. The van der Waals surface area contributed by atoms with Gasteiger partial charge >= 0.3 is 0 Å². The van der Waals surface area contributed by atoms with Crippen LogP contribution in [0, 0.1) is 23.4 Å². The zero-order chi connectivity index (χ0) is 27.6. The monoisotopic (exact) mass is 536 g/mol. The molecule has 0 amide bonds. The third kappa shape index (κ3) is 7.54. The van der Waals surface area contributed by atoms with E-state index in [1.807, 2.05) is 12.1 Å². The van der Waals surface area contributed by atoms with Crippen molar-refractivity contribution in [2.24, 2.45) is 5.92 Å². The smallest absolute Gasteiger partial charge is 0.201 e. The molecule has 2 unspecified atom stereocenters. The molecule has 3 aromatic rings. The van der Waals surface area contributed by atoms with E-state index in [1.165, 1.54) is 43.9 Å². The van der Waals surface area contributed by atoms with E-state index in [0.29, 0.717) is 35.8 Å². The number of unbranched alkanes of at least 4 members (excludes halogenated alkanes) is 6. The maximum atomic E-state index is 15.0. The first-order chi connectivity index (χ1) is 19.0. The summed E-state index contributed by atoms with van der Waals surface area (Å²) in [6.45, 7) is 6.98. The Kier molecular flexibility index (Phi) is 10.7. The highest BCUT2D eigenvalue weighted by atomic mass is 19.2. The summed E-state index contributed by atoms with van der Waals surface area (Å²) in [5, 5.41) is 0. The van der Waals surface area contributed by atoms with E-state index in [4.69, 9.17) is 9.47 Å². The van der Waals surface area contributed by atoms with Gasteiger partial charge in [-0.25, -0.2) is 8.78 Å². The van der Waals surface area contributed by atoms with Crippen molar-refractivity contribution in [1.82, 2.24) is 0 Å². The molecular formula is C34H39F3O2. The molecule has 1 saturated heterocycles. The molecule has 1 fully saturated rings. The van der Waals surface area contributed by atoms with Gasteiger partial charge in [0.05, 0.1) is 19.3 Å². The van der Waals surface area contributed by atoms with Crippen molar-refractivity contribution in [2.75, 3.05) is 13.2 Å². The van der Waals surface area contributed by atoms with Crippen molar-refractivity contribution in [2.45, 2.75) is 70.8 Å². The van der Waals surface area contributed by atoms with Gasteiger partial charge in [-0.05, 0) is 54.2 Å². The fourth-order valence-electron chi connectivity index (χ4n) is 5.12. The van der Waals surface area contributed by atoms with E-state index in [-0.39, 0.29) is 23.2 Å². The lowest BCUT2D eigenvalue weighted by atomic mass is 9.93. The molecule has 2 nitrogen and oxygen atoms in total. The predicted octanol–water partition coefficient (Wildman–Crippen LogP) is 10.2. The normalized spacial score (nSPS) is 17.2. The summed E-state index contributed by atoms with van der Waals surface area (Å²) in [5.74, 6) is -1.98. The van der Waals surface area contributed by atoms with E-state index in [1.54, 1.807) is 30.3 Å². The predicted molar refractivity (Wildman–Crippen MR) is 152 cm³/mol. The van der Waals surface area contributed by atoms with Crippen LogP contribution >= 0.6 is 0 Å². The van der Waals surface area contributed by atoms with Crippen molar-refractivity contribution in [3.8, 4) is 28.0 Å². The quantitative estimate of drug-likeness (QED) is 0.160. The van der Waals surface area contributed by atoms with Crippen LogP contribution in [0.3, 0.4) is 0 Å². The van der Waals surface area contributed by atoms with Crippen molar-refractivity contribution in [3.63, 3.8) is 0 Å². The fourth-order valence-corrected chi connectivity index (χ4v) is 5.12. The van der Waals surface area contributed by atoms with E-state index < -0.39 is 11.6 Å². The van der Waals surface area contributed by atoms with Gasteiger partial charge in [0.2, 0.25) is 5.82 Å². The molecule has 0 aromatic heterocycles. The van der Waals surface area contributed by atoms with Crippen molar-refractivity contribution >= 4 is 0 Å². The molecule has 39 heavy (non-hydrogen) atoms. The first-order valence-corrected chi connectivity index (χ1v) is 14.3. The maximum absolute atomic E-state index is 15.0. The maximum Gasteiger partial charge on any atom is 0.201 e. The Morgan fingerprint density at radius 1 is 0.821 bits per heavy atom. The number of rotatable bonds is 13. The van der Waals surface area contributed by atoms with E-state index >= 15 is 4.39 Å². The van der Waals surface area contributed by atoms with Crippen LogP contribution in [0.1, 0.15) is 76.4 Å². The molecule has 4 rings (SSSR count). The Balaban J connectivity index is 1.37. The molecule has 1 aliphatic heterocycles. The minimum Gasteiger partial charge on any atom is -0.490 e. The van der Waals surface area contributed by atoms with E-state index in [0.717, 1.165) is 37.7 Å². The summed E-state index contributed by atoms with van der Waals surface area (Å²) in [6.07, 6.45) is 11.5. The van der Waals surface area contributed by atoms with Crippen LogP contribution in [-0.4, -0.2) is 13.2 Å². The summed E-state index contributed by atoms with van der Waals surface area (Å²) >= 11 is 0. The molecule has 0 radical (unpaired) electrons. The molecule has 208 valence electrons. The largest absolute Gasteiger partial charge is 0.490 e. The molecule has 0 aliphatic carbocycles. The SMILES string of the molecule is C=CC1CCC(c2ccc(-c3ccc(-c4ccc(OCCCCCCCCC)c(F)c4F)cc3)c(F)c2)OC1. The molecule has 0 N–H and O–H groups in total. The van der Waals surface area contributed by atoms with Crippen molar-refractivity contribution in [1.29, 1.82) is 0 Å². The number of benzene rings is 3. The topological polar surface area (TPSA) is 18.5 Å². The van der Waals surface area contributed by atoms with Gasteiger partial charge in [-0.1, -0.05) is 87.9 Å². The molecule has 1 heterocycles. The Morgan fingerprint density at radius 2 is 1.49 bits per heavy atom. The molecule has 0 bridgehead atoms. The lowest BCUT2D eigenvalue weighted by Crippen LogP contribution is -2.19. The van der Waals surface area contributed by atoms with Gasteiger partial charge < -0.3 is 9.47 Å². The van der Waals surface area contributed by atoms with Gasteiger partial charge in [-0.15, -0.1) is 6.58 Å². The van der Waals surface area contributed by atoms with Crippen LogP contribution < -0.4 is 4.74 Å². The summed E-state index contributed by atoms with van der Waals surface area (Å²) in [6, 6.07) is 15.0. The molecule has 3 aromatic carbocycles. The zero-order valence-corrected chi connectivity index (χ0v) is 22.9. The molecule has 2 atom stereocenters. The van der Waals surface area contributed by atoms with Crippen LogP contribution in [-0.2, 0) is 4.74 Å². The number of ether oxygens (including phenoxy) is 2. The highest BCUT2D eigenvalue weighted by Gasteiger charge is 2.22. The Bertz CT molecular complexity index is 1210. The fraction of sp³-hybridized carbons (Fsp3) is 0.412. The lowest BCUT2D eigenvalue weighted by molar-refractivity contribution is -0.00528. The third-order valence-electron chi connectivity index (χ3n) is 7.57. The summed E-state index contributed by atoms with van der Waals surface area (Å²) in [4.78, 5) is 0. The highest BCUT2D eigenvalue weighted by Crippen LogP contribution is 2.35. The highest BCUT2D eigenvalue weighted by molar-refractivity contribution is 5.71. The second-order valence-electron chi connectivity index (χ2n) is 10.4.